The lowest BCUT2D eigenvalue weighted by atomic mass is 10.0. The predicted octanol–water partition coefficient (Wildman–Crippen LogP) is 3.56. The van der Waals surface area contributed by atoms with Gasteiger partial charge in [-0.2, -0.15) is 5.26 Å². The summed E-state index contributed by atoms with van der Waals surface area (Å²) in [5, 5.41) is 21.3. The number of amides is 1. The molecular weight excluding hydrogens is 356 g/mol. The zero-order chi connectivity index (χ0) is 20.2. The molecule has 7 nitrogen and oxygen atoms in total. The lowest BCUT2D eigenvalue weighted by molar-refractivity contribution is 0.0973. The van der Waals surface area contributed by atoms with Crippen molar-refractivity contribution in [2.75, 3.05) is 11.9 Å². The highest BCUT2D eigenvalue weighted by Gasteiger charge is 2.30. The minimum atomic E-state index is -1.15. The molecule has 1 unspecified atom stereocenters. The molecule has 9 heteroatoms. The van der Waals surface area contributed by atoms with Gasteiger partial charge in [-0.15, -0.1) is 0 Å². The molecule has 0 radical (unpaired) electrons. The first-order valence-electron chi connectivity index (χ1n) is 8.06. The van der Waals surface area contributed by atoms with Crippen molar-refractivity contribution < 1.29 is 18.7 Å². The Balaban J connectivity index is 2.38. The van der Waals surface area contributed by atoms with E-state index in [0.717, 1.165) is 12.1 Å². The largest absolute Gasteiger partial charge is 0.465 e. The van der Waals surface area contributed by atoms with E-state index in [4.69, 9.17) is 5.26 Å². The van der Waals surface area contributed by atoms with E-state index in [1.165, 1.54) is 23.4 Å². The number of hydrogen-bond acceptors (Lipinski definition) is 5. The molecule has 0 bridgehead atoms. The van der Waals surface area contributed by atoms with Crippen molar-refractivity contribution in [2.45, 2.75) is 32.4 Å². The van der Waals surface area contributed by atoms with E-state index < -0.39 is 29.3 Å². The first-order valence-corrected chi connectivity index (χ1v) is 8.06. The number of rotatable bonds is 5. The monoisotopic (exact) mass is 375 g/mol. The number of anilines is 1. The Kier molecular flexibility index (Phi) is 5.90. The van der Waals surface area contributed by atoms with Crippen LogP contribution >= 0.6 is 0 Å². The Morgan fingerprint density at radius 1 is 1.30 bits per heavy atom. The number of nitrogens with zero attached hydrogens (tertiary/aromatic N) is 4. The first kappa shape index (κ1) is 20.0. The summed E-state index contributed by atoms with van der Waals surface area (Å²) in [7, 11) is 0. The smallest absolute Gasteiger partial charge is 0.407 e. The number of nitrogens with one attached hydrogen (secondary N) is 1. The van der Waals surface area contributed by atoms with Crippen LogP contribution in [0.2, 0.25) is 0 Å². The summed E-state index contributed by atoms with van der Waals surface area (Å²) >= 11 is 0. The zero-order valence-electron chi connectivity index (χ0n) is 15.1. The molecule has 2 N–H and O–H groups in total. The zero-order valence-corrected chi connectivity index (χ0v) is 15.1. The number of hydrogen-bond donors (Lipinski definition) is 2. The van der Waals surface area contributed by atoms with E-state index >= 15 is 0 Å². The maximum absolute atomic E-state index is 13.7. The Morgan fingerprint density at radius 2 is 1.93 bits per heavy atom. The Morgan fingerprint density at radius 3 is 2.41 bits per heavy atom. The van der Waals surface area contributed by atoms with E-state index in [1.54, 1.807) is 20.8 Å². The minimum absolute atomic E-state index is 0.0622. The van der Waals surface area contributed by atoms with Gasteiger partial charge < -0.3 is 15.3 Å². The van der Waals surface area contributed by atoms with Gasteiger partial charge in [-0.3, -0.25) is 0 Å². The van der Waals surface area contributed by atoms with E-state index in [0.29, 0.717) is 5.56 Å². The molecule has 2 rings (SSSR count). The summed E-state index contributed by atoms with van der Waals surface area (Å²) in [5.74, 6) is -1.92. The van der Waals surface area contributed by atoms with Crippen LogP contribution in [0.3, 0.4) is 0 Å². The lowest BCUT2D eigenvalue weighted by Gasteiger charge is -2.36. The summed E-state index contributed by atoms with van der Waals surface area (Å²) < 4.78 is 27.0. The van der Waals surface area contributed by atoms with E-state index in [-0.39, 0.29) is 18.1 Å². The van der Waals surface area contributed by atoms with E-state index in [1.807, 2.05) is 6.07 Å². The third-order valence-electron chi connectivity index (χ3n) is 3.84. The molecule has 1 aromatic heterocycles. The molecule has 0 fully saturated rings. The molecule has 27 heavy (non-hydrogen) atoms. The second kappa shape index (κ2) is 7.95. The second-order valence-electron chi connectivity index (χ2n) is 6.84. The SMILES string of the molecule is CC(C)(C)N(CC(Nc1ncc(C#N)cn1)c1ccc(F)c(F)c1)C(=O)O. The fourth-order valence-electron chi connectivity index (χ4n) is 2.40. The number of aromatic nitrogens is 2. The van der Waals surface area contributed by atoms with Gasteiger partial charge in [-0.05, 0) is 38.5 Å². The molecule has 1 aromatic carbocycles. The molecule has 0 aliphatic heterocycles. The van der Waals surface area contributed by atoms with Crippen LogP contribution in [-0.4, -0.2) is 38.2 Å². The summed E-state index contributed by atoms with van der Waals surface area (Å²) in [6, 6.07) is 4.48. The summed E-state index contributed by atoms with van der Waals surface area (Å²) in [6.07, 6.45) is 1.45. The van der Waals surface area contributed by atoms with Crippen LogP contribution in [0.15, 0.2) is 30.6 Å². The fourth-order valence-corrected chi connectivity index (χ4v) is 2.40. The molecule has 0 spiro atoms. The van der Waals surface area contributed by atoms with Gasteiger partial charge >= 0.3 is 6.09 Å². The van der Waals surface area contributed by atoms with E-state index in [9.17, 15) is 18.7 Å². The highest BCUT2D eigenvalue weighted by molar-refractivity contribution is 5.66. The summed E-state index contributed by atoms with van der Waals surface area (Å²) in [6.45, 7) is 5.11. The van der Waals surface area contributed by atoms with Gasteiger partial charge in [0.2, 0.25) is 5.95 Å². The number of benzene rings is 1. The highest BCUT2D eigenvalue weighted by Crippen LogP contribution is 2.24. The molecule has 1 amide bonds. The van der Waals surface area contributed by atoms with Crippen molar-refractivity contribution in [1.82, 2.24) is 14.9 Å². The molecule has 1 atom stereocenters. The van der Waals surface area contributed by atoms with Crippen molar-refractivity contribution in [2.24, 2.45) is 0 Å². The van der Waals surface area contributed by atoms with Crippen LogP contribution in [0, 0.1) is 23.0 Å². The van der Waals surface area contributed by atoms with Gasteiger partial charge in [-0.25, -0.2) is 23.5 Å². The van der Waals surface area contributed by atoms with Crippen LogP contribution in [-0.2, 0) is 0 Å². The van der Waals surface area contributed by atoms with Gasteiger partial charge in [0.25, 0.3) is 0 Å². The number of carbonyl (C=O) groups is 1. The summed E-state index contributed by atoms with van der Waals surface area (Å²) in [4.78, 5) is 20.8. The van der Waals surface area contributed by atoms with Gasteiger partial charge in [-0.1, -0.05) is 6.07 Å². The van der Waals surface area contributed by atoms with Gasteiger partial charge in [0, 0.05) is 12.1 Å². The standard InChI is InChI=1S/C18H19F2N5O2/c1-18(2,3)25(17(26)27)10-15(12-4-5-13(19)14(20)6-12)24-16-22-8-11(7-21)9-23-16/h4-6,8-9,15H,10H2,1-3H3,(H,26,27)(H,22,23,24). The van der Waals surface area contributed by atoms with Crippen molar-refractivity contribution in [1.29, 1.82) is 5.26 Å². The minimum Gasteiger partial charge on any atom is -0.465 e. The van der Waals surface area contributed by atoms with Crippen molar-refractivity contribution >= 4 is 12.0 Å². The Labute approximate surface area is 155 Å². The predicted molar refractivity (Wildman–Crippen MR) is 94.0 cm³/mol. The van der Waals surface area contributed by atoms with Crippen molar-refractivity contribution in [3.63, 3.8) is 0 Å². The van der Waals surface area contributed by atoms with Crippen LogP contribution in [0.1, 0.15) is 37.9 Å². The van der Waals surface area contributed by atoms with Crippen molar-refractivity contribution in [3.05, 3.63) is 53.4 Å². The Hall–Kier alpha value is -3.28. The molecule has 0 saturated heterocycles. The first-order chi connectivity index (χ1) is 12.6. The molecule has 0 saturated carbocycles. The van der Waals surface area contributed by atoms with Gasteiger partial charge in [0.1, 0.15) is 6.07 Å². The maximum atomic E-state index is 13.7. The normalized spacial score (nSPS) is 12.1. The van der Waals surface area contributed by atoms with Crippen LogP contribution in [0.4, 0.5) is 19.5 Å². The average molecular weight is 375 g/mol. The van der Waals surface area contributed by atoms with Crippen LogP contribution in [0.25, 0.3) is 0 Å². The molecule has 1 heterocycles. The second-order valence-corrected chi connectivity index (χ2v) is 6.84. The molecule has 0 aliphatic rings. The topological polar surface area (TPSA) is 102 Å². The van der Waals surface area contributed by atoms with Crippen molar-refractivity contribution in [3.8, 4) is 6.07 Å². The molecular formula is C18H19F2N5O2. The van der Waals surface area contributed by atoms with Gasteiger partial charge in [0.05, 0.1) is 24.0 Å². The number of carboxylic acid groups (broad SMARTS) is 1. The Bertz CT molecular complexity index is 860. The van der Waals surface area contributed by atoms with Crippen LogP contribution < -0.4 is 5.32 Å². The third-order valence-corrected chi connectivity index (χ3v) is 3.84. The van der Waals surface area contributed by atoms with Gasteiger partial charge in [0.15, 0.2) is 11.6 Å². The lowest BCUT2D eigenvalue weighted by Crippen LogP contribution is -2.48. The van der Waals surface area contributed by atoms with Crippen LogP contribution in [0.5, 0.6) is 0 Å². The highest BCUT2D eigenvalue weighted by atomic mass is 19.2. The number of nitriles is 1. The average Bonchev–Trinajstić information content (AvgIpc) is 2.60. The number of halogens is 2. The molecule has 2 aromatic rings. The molecule has 0 aliphatic carbocycles. The summed E-state index contributed by atoms with van der Waals surface area (Å²) in [5.41, 5.74) is -0.139. The fraction of sp³-hybridized carbons (Fsp3) is 0.333. The maximum Gasteiger partial charge on any atom is 0.407 e. The quantitative estimate of drug-likeness (QED) is 0.828. The molecule has 142 valence electrons. The van der Waals surface area contributed by atoms with E-state index in [2.05, 4.69) is 15.3 Å². The third kappa shape index (κ3) is 5.10.